The second-order valence-corrected chi connectivity index (χ2v) is 8.28. The fraction of sp³-hybridized carbons (Fsp3) is 0.391. The largest absolute Gasteiger partial charge is 0.454 e. The van der Waals surface area contributed by atoms with Crippen LogP contribution in [0.1, 0.15) is 11.1 Å². The number of quaternary nitrogens is 2. The number of piperazine rings is 1. The van der Waals surface area contributed by atoms with Crippen molar-refractivity contribution in [3.05, 3.63) is 47.5 Å². The average Bonchev–Trinajstić information content (AvgIpc) is 3.20. The quantitative estimate of drug-likeness (QED) is 0.497. The first-order valence-corrected chi connectivity index (χ1v) is 10.7. The number of para-hydroxylation sites is 1. The Kier molecular flexibility index (Phi) is 6.39. The van der Waals surface area contributed by atoms with E-state index in [9.17, 15) is 9.59 Å². The number of anilines is 2. The van der Waals surface area contributed by atoms with Crippen molar-refractivity contribution in [2.45, 2.75) is 13.8 Å². The highest BCUT2D eigenvalue weighted by Crippen LogP contribution is 2.34. The van der Waals surface area contributed by atoms with E-state index in [1.165, 1.54) is 9.80 Å². The second kappa shape index (κ2) is 9.36. The van der Waals surface area contributed by atoms with Gasteiger partial charge in [0.25, 0.3) is 11.8 Å². The third-order valence-corrected chi connectivity index (χ3v) is 5.89. The van der Waals surface area contributed by atoms with E-state index in [1.54, 1.807) is 12.1 Å². The first-order valence-electron chi connectivity index (χ1n) is 10.7. The fourth-order valence-corrected chi connectivity index (χ4v) is 4.14. The highest BCUT2D eigenvalue weighted by atomic mass is 16.7. The van der Waals surface area contributed by atoms with Crippen LogP contribution in [0.15, 0.2) is 36.4 Å². The third kappa shape index (κ3) is 5.34. The number of carbonyl (C=O) groups is 2. The van der Waals surface area contributed by atoms with Crippen molar-refractivity contribution in [2.24, 2.45) is 0 Å². The van der Waals surface area contributed by atoms with E-state index in [0.29, 0.717) is 30.3 Å². The summed E-state index contributed by atoms with van der Waals surface area (Å²) in [5.41, 5.74) is 3.77. The summed E-state index contributed by atoms with van der Waals surface area (Å²) < 4.78 is 10.6. The molecule has 2 amide bonds. The second-order valence-electron chi connectivity index (χ2n) is 8.28. The maximum Gasteiger partial charge on any atom is 0.279 e. The van der Waals surface area contributed by atoms with Crippen LogP contribution in [-0.4, -0.2) is 57.9 Å². The third-order valence-electron chi connectivity index (χ3n) is 5.89. The summed E-state index contributed by atoms with van der Waals surface area (Å²) in [4.78, 5) is 27.4. The van der Waals surface area contributed by atoms with Crippen molar-refractivity contribution < 1.29 is 28.9 Å². The zero-order valence-electron chi connectivity index (χ0n) is 18.0. The van der Waals surface area contributed by atoms with Crippen LogP contribution in [0.3, 0.4) is 0 Å². The Morgan fingerprint density at radius 2 is 1.42 bits per heavy atom. The molecule has 0 aliphatic carbocycles. The van der Waals surface area contributed by atoms with Gasteiger partial charge in [0.05, 0.1) is 0 Å². The molecule has 0 spiro atoms. The van der Waals surface area contributed by atoms with E-state index in [4.69, 9.17) is 9.47 Å². The Morgan fingerprint density at radius 1 is 0.839 bits per heavy atom. The molecule has 164 valence electrons. The Labute approximate surface area is 182 Å². The van der Waals surface area contributed by atoms with Crippen LogP contribution in [0.25, 0.3) is 0 Å². The molecule has 0 unspecified atom stereocenters. The van der Waals surface area contributed by atoms with Crippen molar-refractivity contribution in [1.29, 1.82) is 0 Å². The van der Waals surface area contributed by atoms with Gasteiger partial charge in [-0.2, -0.15) is 0 Å². The number of hydrogen-bond acceptors (Lipinski definition) is 4. The maximum absolute atomic E-state index is 12.5. The number of carbonyl (C=O) groups excluding carboxylic acids is 2. The normalized spacial score (nSPS) is 19.7. The van der Waals surface area contributed by atoms with E-state index < -0.39 is 0 Å². The molecule has 2 aromatic rings. The molecule has 0 aromatic heterocycles. The zero-order valence-corrected chi connectivity index (χ0v) is 18.0. The summed E-state index contributed by atoms with van der Waals surface area (Å²) in [6.07, 6.45) is 0. The fourth-order valence-electron chi connectivity index (χ4n) is 4.14. The predicted molar refractivity (Wildman–Crippen MR) is 117 cm³/mol. The van der Waals surface area contributed by atoms with E-state index in [2.05, 4.69) is 10.6 Å². The lowest BCUT2D eigenvalue weighted by Crippen LogP contribution is -3.28. The highest BCUT2D eigenvalue weighted by molar-refractivity contribution is 5.93. The molecule has 2 heterocycles. The Balaban J connectivity index is 1.20. The van der Waals surface area contributed by atoms with Gasteiger partial charge in [-0.15, -0.1) is 0 Å². The average molecular weight is 427 g/mol. The smallest absolute Gasteiger partial charge is 0.279 e. The molecule has 0 radical (unpaired) electrons. The molecule has 4 N–H and O–H groups in total. The van der Waals surface area contributed by atoms with E-state index in [-0.39, 0.29) is 18.6 Å². The number of nitrogens with one attached hydrogen (secondary N) is 4. The molecular formula is C23H30N4O4+2. The van der Waals surface area contributed by atoms with Gasteiger partial charge in [-0.1, -0.05) is 18.2 Å². The molecule has 2 aliphatic heterocycles. The van der Waals surface area contributed by atoms with Gasteiger partial charge in [0.15, 0.2) is 24.6 Å². The molecule has 1 saturated heterocycles. The van der Waals surface area contributed by atoms with Crippen LogP contribution >= 0.6 is 0 Å². The maximum atomic E-state index is 12.5. The van der Waals surface area contributed by atoms with Gasteiger partial charge in [-0.25, -0.2) is 0 Å². The van der Waals surface area contributed by atoms with Gasteiger partial charge in [-0.3, -0.25) is 9.59 Å². The topological polar surface area (TPSA) is 85.5 Å². The van der Waals surface area contributed by atoms with Crippen LogP contribution in [0, 0.1) is 13.8 Å². The first-order chi connectivity index (χ1) is 15.0. The van der Waals surface area contributed by atoms with Crippen LogP contribution in [-0.2, 0) is 9.59 Å². The van der Waals surface area contributed by atoms with E-state index >= 15 is 0 Å². The molecule has 2 aromatic carbocycles. The minimum absolute atomic E-state index is 0.0231. The Hall–Kier alpha value is -3.10. The molecule has 0 atom stereocenters. The van der Waals surface area contributed by atoms with Crippen molar-refractivity contribution in [3.8, 4) is 11.5 Å². The molecular weight excluding hydrogens is 396 g/mol. The SMILES string of the molecule is Cc1cccc(C)c1NC(=O)C[NH+]1CC[NH+](CC(=O)Nc2ccc3c(c2)OCO3)CC1. The van der Waals surface area contributed by atoms with Gasteiger partial charge in [0.2, 0.25) is 6.79 Å². The van der Waals surface area contributed by atoms with Crippen LogP contribution in [0.2, 0.25) is 0 Å². The lowest BCUT2D eigenvalue weighted by Gasteiger charge is -2.29. The van der Waals surface area contributed by atoms with Crippen LogP contribution < -0.4 is 29.9 Å². The molecule has 4 rings (SSSR count). The van der Waals surface area contributed by atoms with Gasteiger partial charge < -0.3 is 29.9 Å². The lowest BCUT2D eigenvalue weighted by molar-refractivity contribution is -1.00. The number of aryl methyl sites for hydroxylation is 2. The van der Waals surface area contributed by atoms with Gasteiger partial charge >= 0.3 is 0 Å². The number of rotatable bonds is 6. The molecule has 8 heteroatoms. The standard InChI is InChI=1S/C23H28N4O4/c1-16-4-3-5-17(2)23(16)25-22(29)14-27-10-8-26(9-11-27)13-21(28)24-18-6-7-19-20(12-18)31-15-30-19/h3-7,12H,8-11,13-15H2,1-2H3,(H,24,28)(H,25,29)/p+2. The molecule has 2 aliphatic rings. The van der Waals surface area contributed by atoms with Crippen molar-refractivity contribution in [2.75, 3.05) is 56.7 Å². The van der Waals surface area contributed by atoms with Gasteiger partial charge in [0, 0.05) is 17.4 Å². The summed E-state index contributed by atoms with van der Waals surface area (Å²) in [5, 5.41) is 6.00. The van der Waals surface area contributed by atoms with E-state index in [0.717, 1.165) is 43.0 Å². The number of hydrogen-bond donors (Lipinski definition) is 4. The number of fused-ring (bicyclic) bond motifs is 1. The van der Waals surface area contributed by atoms with E-state index in [1.807, 2.05) is 38.1 Å². The van der Waals surface area contributed by atoms with Crippen molar-refractivity contribution in [1.82, 2.24) is 0 Å². The van der Waals surface area contributed by atoms with Gasteiger partial charge in [0.1, 0.15) is 26.2 Å². The monoisotopic (exact) mass is 426 g/mol. The summed E-state index contributed by atoms with van der Waals surface area (Å²) in [6, 6.07) is 11.4. The number of benzene rings is 2. The highest BCUT2D eigenvalue weighted by Gasteiger charge is 2.26. The number of amides is 2. The molecule has 1 fully saturated rings. The minimum atomic E-state index is -0.0231. The Bertz CT molecular complexity index is 950. The molecule has 31 heavy (non-hydrogen) atoms. The zero-order chi connectivity index (χ0) is 21.8. The summed E-state index contributed by atoms with van der Waals surface area (Å²) in [5.74, 6) is 1.37. The Morgan fingerprint density at radius 3 is 2.06 bits per heavy atom. The molecule has 8 nitrogen and oxygen atoms in total. The summed E-state index contributed by atoms with van der Waals surface area (Å²) >= 11 is 0. The lowest BCUT2D eigenvalue weighted by atomic mass is 10.1. The summed E-state index contributed by atoms with van der Waals surface area (Å²) in [6.45, 7) is 8.55. The van der Waals surface area contributed by atoms with Crippen LogP contribution in [0.4, 0.5) is 11.4 Å². The molecule has 0 bridgehead atoms. The molecule has 0 saturated carbocycles. The first kappa shape index (κ1) is 21.1. The predicted octanol–water partition coefficient (Wildman–Crippen LogP) is -0.607. The van der Waals surface area contributed by atoms with Crippen LogP contribution in [0.5, 0.6) is 11.5 Å². The summed E-state index contributed by atoms with van der Waals surface area (Å²) in [7, 11) is 0. The number of ether oxygens (including phenoxy) is 2. The van der Waals surface area contributed by atoms with Crippen molar-refractivity contribution >= 4 is 23.2 Å². The van der Waals surface area contributed by atoms with Gasteiger partial charge in [-0.05, 0) is 37.1 Å². The minimum Gasteiger partial charge on any atom is -0.454 e. The van der Waals surface area contributed by atoms with Crippen molar-refractivity contribution in [3.63, 3.8) is 0 Å².